The molecule has 132 valence electrons. The Labute approximate surface area is 148 Å². The van der Waals surface area contributed by atoms with Crippen LogP contribution < -0.4 is 11.5 Å². The lowest BCUT2D eigenvalue weighted by Crippen LogP contribution is -2.06. The maximum Gasteiger partial charge on any atom is 0.336 e. The van der Waals surface area contributed by atoms with Crippen LogP contribution in [-0.4, -0.2) is 37.1 Å². The minimum Gasteiger partial charge on any atom is -0.478 e. The number of benzene rings is 2. The van der Waals surface area contributed by atoms with Crippen molar-refractivity contribution in [1.29, 1.82) is 0 Å². The molecule has 0 unspecified atom stereocenters. The van der Waals surface area contributed by atoms with E-state index in [0.29, 0.717) is 5.82 Å². The highest BCUT2D eigenvalue weighted by Gasteiger charge is 2.13. The summed E-state index contributed by atoms with van der Waals surface area (Å²) in [4.78, 5) is 32.6. The fourth-order valence-electron chi connectivity index (χ4n) is 1.98. The van der Waals surface area contributed by atoms with E-state index in [1.807, 2.05) is 30.3 Å². The fraction of sp³-hybridized carbons (Fsp3) is 0. The molecule has 0 radical (unpaired) electrons. The average molecular weight is 353 g/mol. The maximum atomic E-state index is 10.5. The van der Waals surface area contributed by atoms with Crippen molar-refractivity contribution in [2.24, 2.45) is 0 Å². The fourth-order valence-corrected chi connectivity index (χ4v) is 1.98. The zero-order valence-electron chi connectivity index (χ0n) is 13.4. The van der Waals surface area contributed by atoms with E-state index < -0.39 is 11.9 Å². The zero-order chi connectivity index (χ0) is 19.1. The molecule has 3 aromatic rings. The third-order valence-corrected chi connectivity index (χ3v) is 3.09. The molecule has 1 aromatic heterocycles. The van der Waals surface area contributed by atoms with E-state index in [1.54, 1.807) is 0 Å². The van der Waals surface area contributed by atoms with Gasteiger partial charge in [0.1, 0.15) is 0 Å². The van der Waals surface area contributed by atoms with Gasteiger partial charge >= 0.3 is 11.9 Å². The summed E-state index contributed by atoms with van der Waals surface area (Å²) in [5, 5.41) is 17.1. The Morgan fingerprint density at radius 1 is 0.692 bits per heavy atom. The van der Waals surface area contributed by atoms with Crippen LogP contribution in [0.1, 0.15) is 20.7 Å². The van der Waals surface area contributed by atoms with Crippen molar-refractivity contribution in [2.75, 3.05) is 11.5 Å². The molecule has 0 fully saturated rings. The van der Waals surface area contributed by atoms with Gasteiger partial charge in [-0.1, -0.05) is 42.5 Å². The van der Waals surface area contributed by atoms with Crippen LogP contribution in [0.2, 0.25) is 0 Å². The summed E-state index contributed by atoms with van der Waals surface area (Å²) in [7, 11) is 0. The molecular weight excluding hydrogens is 338 g/mol. The highest BCUT2D eigenvalue weighted by molar-refractivity contribution is 6.01. The molecule has 0 atom stereocenters. The van der Waals surface area contributed by atoms with Crippen LogP contribution in [0.15, 0.2) is 54.6 Å². The van der Waals surface area contributed by atoms with Gasteiger partial charge in [0.05, 0.1) is 11.1 Å². The molecule has 9 nitrogen and oxygen atoms in total. The molecule has 0 spiro atoms. The van der Waals surface area contributed by atoms with E-state index >= 15 is 0 Å². The summed E-state index contributed by atoms with van der Waals surface area (Å²) < 4.78 is 0. The predicted molar refractivity (Wildman–Crippen MR) is 94.4 cm³/mol. The first kappa shape index (κ1) is 18.3. The van der Waals surface area contributed by atoms with Crippen LogP contribution in [0.4, 0.5) is 11.9 Å². The molecule has 2 aromatic carbocycles. The number of carbonyl (C=O) groups is 2. The van der Waals surface area contributed by atoms with Gasteiger partial charge in [0.2, 0.25) is 11.9 Å². The topological polar surface area (TPSA) is 165 Å². The van der Waals surface area contributed by atoms with Gasteiger partial charge in [0, 0.05) is 5.56 Å². The summed E-state index contributed by atoms with van der Waals surface area (Å²) in [5.74, 6) is -1.69. The van der Waals surface area contributed by atoms with E-state index in [4.69, 9.17) is 21.7 Å². The largest absolute Gasteiger partial charge is 0.478 e. The summed E-state index contributed by atoms with van der Waals surface area (Å²) >= 11 is 0. The monoisotopic (exact) mass is 353 g/mol. The number of nitrogens with two attached hydrogens (primary N) is 2. The summed E-state index contributed by atoms with van der Waals surface area (Å²) in [6, 6.07) is 14.9. The quantitative estimate of drug-likeness (QED) is 0.549. The number of aromatic carboxylic acids is 2. The van der Waals surface area contributed by atoms with Crippen molar-refractivity contribution in [3.63, 3.8) is 0 Å². The standard InChI is InChI=1S/C9H9N5.C8H6O4/c10-8-12-7(13-9(11)14-8)6-4-2-1-3-5-6;9-7(10)5-3-1-2-4-6(5)8(11)12/h1-5H,(H4,10,11,12,13,14);1-4H,(H,9,10)(H,11,12). The van der Waals surface area contributed by atoms with Gasteiger partial charge in [-0.15, -0.1) is 0 Å². The molecule has 0 amide bonds. The number of rotatable bonds is 3. The van der Waals surface area contributed by atoms with Crippen LogP contribution >= 0.6 is 0 Å². The molecular formula is C17H15N5O4. The van der Waals surface area contributed by atoms with E-state index in [2.05, 4.69) is 15.0 Å². The van der Waals surface area contributed by atoms with E-state index in [1.165, 1.54) is 24.3 Å². The summed E-state index contributed by atoms with van der Waals surface area (Å²) in [6.45, 7) is 0. The number of nitrogen functional groups attached to an aromatic ring is 2. The second-order valence-corrected chi connectivity index (χ2v) is 4.90. The van der Waals surface area contributed by atoms with Crippen LogP contribution in [0, 0.1) is 0 Å². The lowest BCUT2D eigenvalue weighted by atomic mass is 10.1. The van der Waals surface area contributed by atoms with Gasteiger partial charge in [-0.3, -0.25) is 0 Å². The Balaban J connectivity index is 0.000000190. The Morgan fingerprint density at radius 3 is 1.54 bits per heavy atom. The molecule has 6 N–H and O–H groups in total. The minimum absolute atomic E-state index is 0.136. The minimum atomic E-state index is -1.23. The van der Waals surface area contributed by atoms with Crippen molar-refractivity contribution in [3.05, 3.63) is 65.7 Å². The Bertz CT molecular complexity index is 878. The zero-order valence-corrected chi connectivity index (χ0v) is 13.4. The Morgan fingerprint density at radius 2 is 1.12 bits per heavy atom. The highest BCUT2D eigenvalue weighted by Crippen LogP contribution is 2.14. The molecule has 0 saturated carbocycles. The van der Waals surface area contributed by atoms with Gasteiger partial charge in [-0.25, -0.2) is 9.59 Å². The number of carboxylic acid groups (broad SMARTS) is 2. The maximum absolute atomic E-state index is 10.5. The van der Waals surface area contributed by atoms with Crippen LogP contribution in [0.3, 0.4) is 0 Å². The molecule has 3 rings (SSSR count). The first-order valence-corrected chi connectivity index (χ1v) is 7.26. The second kappa shape index (κ2) is 8.20. The normalized spacial score (nSPS) is 9.69. The van der Waals surface area contributed by atoms with Crippen LogP contribution in [0.5, 0.6) is 0 Å². The van der Waals surface area contributed by atoms with Crippen molar-refractivity contribution >= 4 is 23.8 Å². The first-order chi connectivity index (χ1) is 12.4. The number of nitrogens with zero attached hydrogens (tertiary/aromatic N) is 3. The molecule has 0 saturated heterocycles. The van der Waals surface area contributed by atoms with Crippen LogP contribution in [-0.2, 0) is 0 Å². The lowest BCUT2D eigenvalue weighted by molar-refractivity contribution is 0.0651. The summed E-state index contributed by atoms with van der Waals surface area (Å²) in [5.41, 5.74) is 11.4. The molecule has 1 heterocycles. The molecule has 0 aliphatic rings. The number of hydrogen-bond acceptors (Lipinski definition) is 7. The molecule has 9 heteroatoms. The van der Waals surface area contributed by atoms with Crippen molar-refractivity contribution in [1.82, 2.24) is 15.0 Å². The van der Waals surface area contributed by atoms with Gasteiger partial charge < -0.3 is 21.7 Å². The van der Waals surface area contributed by atoms with Gasteiger partial charge in [0.25, 0.3) is 0 Å². The number of hydrogen-bond donors (Lipinski definition) is 4. The van der Waals surface area contributed by atoms with E-state index in [9.17, 15) is 9.59 Å². The number of anilines is 2. The predicted octanol–water partition coefficient (Wildman–Crippen LogP) is 1.79. The molecule has 26 heavy (non-hydrogen) atoms. The van der Waals surface area contributed by atoms with Crippen molar-refractivity contribution < 1.29 is 19.8 Å². The van der Waals surface area contributed by atoms with E-state index in [0.717, 1.165) is 5.56 Å². The van der Waals surface area contributed by atoms with E-state index in [-0.39, 0.29) is 23.0 Å². The molecule has 0 aliphatic carbocycles. The second-order valence-electron chi connectivity index (χ2n) is 4.90. The lowest BCUT2D eigenvalue weighted by Gasteiger charge is -2.00. The SMILES string of the molecule is Nc1nc(N)nc(-c2ccccc2)n1.O=C(O)c1ccccc1C(=O)O. The Kier molecular flexibility index (Phi) is 5.78. The highest BCUT2D eigenvalue weighted by atomic mass is 16.4. The smallest absolute Gasteiger partial charge is 0.336 e. The van der Waals surface area contributed by atoms with Crippen molar-refractivity contribution in [2.45, 2.75) is 0 Å². The summed E-state index contributed by atoms with van der Waals surface area (Å²) in [6.07, 6.45) is 0. The average Bonchev–Trinajstić information content (AvgIpc) is 2.62. The number of carboxylic acids is 2. The third-order valence-electron chi connectivity index (χ3n) is 3.09. The molecule has 0 bridgehead atoms. The van der Waals surface area contributed by atoms with Gasteiger partial charge in [-0.2, -0.15) is 15.0 Å². The van der Waals surface area contributed by atoms with Gasteiger partial charge in [0.15, 0.2) is 5.82 Å². The van der Waals surface area contributed by atoms with Crippen molar-refractivity contribution in [3.8, 4) is 11.4 Å². The third kappa shape index (κ3) is 4.74. The Hall–Kier alpha value is -4.01. The first-order valence-electron chi connectivity index (χ1n) is 7.26. The molecule has 0 aliphatic heterocycles. The van der Waals surface area contributed by atoms with Crippen LogP contribution in [0.25, 0.3) is 11.4 Å². The number of aromatic nitrogens is 3. The van der Waals surface area contributed by atoms with Gasteiger partial charge in [-0.05, 0) is 12.1 Å².